The molecule has 0 radical (unpaired) electrons. The Morgan fingerprint density at radius 2 is 2.23 bits per heavy atom. The molecule has 1 atom stereocenters. The first-order valence-corrected chi connectivity index (χ1v) is 7.71. The Morgan fingerprint density at radius 3 is 3.00 bits per heavy atom. The first-order valence-electron chi connectivity index (χ1n) is 7.71. The number of nitrogens with zero attached hydrogens (tertiary/aromatic N) is 2. The molecule has 1 aromatic heterocycles. The van der Waals surface area contributed by atoms with Crippen LogP contribution in [0.25, 0.3) is 0 Å². The molecule has 2 heterocycles. The van der Waals surface area contributed by atoms with Gasteiger partial charge in [0.05, 0.1) is 6.42 Å². The van der Waals surface area contributed by atoms with E-state index in [4.69, 9.17) is 0 Å². The van der Waals surface area contributed by atoms with Crippen LogP contribution in [0.5, 0.6) is 0 Å². The highest BCUT2D eigenvalue weighted by Gasteiger charge is 2.24. The third-order valence-electron chi connectivity index (χ3n) is 3.97. The van der Waals surface area contributed by atoms with E-state index in [0.717, 1.165) is 30.9 Å². The highest BCUT2D eigenvalue weighted by atomic mass is 16.1. The van der Waals surface area contributed by atoms with Crippen LogP contribution in [0.1, 0.15) is 17.5 Å². The van der Waals surface area contributed by atoms with E-state index in [1.54, 1.807) is 6.20 Å². The third-order valence-corrected chi connectivity index (χ3v) is 3.97. The van der Waals surface area contributed by atoms with Crippen molar-refractivity contribution in [3.05, 3.63) is 59.8 Å². The fourth-order valence-corrected chi connectivity index (χ4v) is 2.91. The van der Waals surface area contributed by atoms with Crippen LogP contribution in [-0.2, 0) is 11.2 Å². The average Bonchev–Trinajstić information content (AvgIpc) is 2.96. The number of benzene rings is 1. The molecule has 1 fully saturated rings. The van der Waals surface area contributed by atoms with Crippen LogP contribution in [0.2, 0.25) is 0 Å². The second kappa shape index (κ2) is 6.60. The lowest BCUT2D eigenvalue weighted by Gasteiger charge is -2.17. The number of hydrogen-bond acceptors (Lipinski definition) is 3. The summed E-state index contributed by atoms with van der Waals surface area (Å²) < 4.78 is 0. The number of rotatable bonds is 4. The Kier molecular flexibility index (Phi) is 4.37. The maximum Gasteiger partial charge on any atom is 0.224 e. The summed E-state index contributed by atoms with van der Waals surface area (Å²) in [5, 5.41) is 3.14. The van der Waals surface area contributed by atoms with Crippen molar-refractivity contribution in [1.29, 1.82) is 0 Å². The molecule has 3 rings (SSSR count). The highest BCUT2D eigenvalue weighted by Crippen LogP contribution is 2.17. The van der Waals surface area contributed by atoms with Gasteiger partial charge in [-0.25, -0.2) is 4.98 Å². The quantitative estimate of drug-likeness (QED) is 0.941. The molecule has 2 aromatic rings. The molecule has 4 nitrogen and oxygen atoms in total. The number of aryl methyl sites for hydroxylation is 1. The van der Waals surface area contributed by atoms with Crippen LogP contribution in [-0.4, -0.2) is 30.0 Å². The normalized spacial score (nSPS) is 17.5. The van der Waals surface area contributed by atoms with Gasteiger partial charge >= 0.3 is 0 Å². The largest absolute Gasteiger partial charge is 0.354 e. The lowest BCUT2D eigenvalue weighted by atomic mass is 10.1. The van der Waals surface area contributed by atoms with E-state index in [1.165, 1.54) is 5.56 Å². The maximum absolute atomic E-state index is 12.2. The van der Waals surface area contributed by atoms with Gasteiger partial charge in [-0.05, 0) is 31.0 Å². The van der Waals surface area contributed by atoms with Crippen LogP contribution in [0.15, 0.2) is 48.7 Å². The number of amides is 1. The SMILES string of the molecule is Cc1cccc(CC(=O)N[C@@H]2CCN(c3ccccn3)C2)c1. The second-order valence-corrected chi connectivity index (χ2v) is 5.85. The molecule has 0 bridgehead atoms. The molecular formula is C18H21N3O. The molecule has 1 amide bonds. The fourth-order valence-electron chi connectivity index (χ4n) is 2.91. The number of anilines is 1. The van der Waals surface area contributed by atoms with Crippen molar-refractivity contribution in [2.24, 2.45) is 0 Å². The van der Waals surface area contributed by atoms with Gasteiger partial charge in [-0.15, -0.1) is 0 Å². The molecule has 1 N–H and O–H groups in total. The number of nitrogens with one attached hydrogen (secondary N) is 1. The predicted molar refractivity (Wildman–Crippen MR) is 87.9 cm³/mol. The van der Waals surface area contributed by atoms with Gasteiger partial charge in [0.25, 0.3) is 0 Å². The van der Waals surface area contributed by atoms with E-state index in [-0.39, 0.29) is 11.9 Å². The van der Waals surface area contributed by atoms with Crippen molar-refractivity contribution in [3.8, 4) is 0 Å². The van der Waals surface area contributed by atoms with Gasteiger partial charge in [-0.2, -0.15) is 0 Å². The van der Waals surface area contributed by atoms with E-state index in [1.807, 2.05) is 43.3 Å². The average molecular weight is 295 g/mol. The third kappa shape index (κ3) is 3.64. The van der Waals surface area contributed by atoms with Crippen molar-refractivity contribution in [3.63, 3.8) is 0 Å². The van der Waals surface area contributed by atoms with Gasteiger partial charge in [0, 0.05) is 25.3 Å². The van der Waals surface area contributed by atoms with Gasteiger partial charge in [-0.1, -0.05) is 35.9 Å². The molecule has 1 saturated heterocycles. The summed E-state index contributed by atoms with van der Waals surface area (Å²) in [5.41, 5.74) is 2.25. The minimum atomic E-state index is 0.0958. The smallest absolute Gasteiger partial charge is 0.224 e. The first kappa shape index (κ1) is 14.6. The molecule has 0 saturated carbocycles. The van der Waals surface area contributed by atoms with Crippen LogP contribution in [0, 0.1) is 6.92 Å². The summed E-state index contributed by atoms with van der Waals surface area (Å²) in [4.78, 5) is 18.8. The monoisotopic (exact) mass is 295 g/mol. The Hall–Kier alpha value is -2.36. The minimum absolute atomic E-state index is 0.0958. The topological polar surface area (TPSA) is 45.2 Å². The Labute approximate surface area is 131 Å². The van der Waals surface area contributed by atoms with E-state index in [2.05, 4.69) is 21.3 Å². The summed E-state index contributed by atoms with van der Waals surface area (Å²) in [6.45, 7) is 3.81. The molecule has 1 aliphatic rings. The molecule has 22 heavy (non-hydrogen) atoms. The van der Waals surface area contributed by atoms with Gasteiger partial charge in [-0.3, -0.25) is 4.79 Å². The maximum atomic E-state index is 12.2. The summed E-state index contributed by atoms with van der Waals surface area (Å²) >= 11 is 0. The van der Waals surface area contributed by atoms with Crippen molar-refractivity contribution >= 4 is 11.7 Å². The van der Waals surface area contributed by atoms with Crippen LogP contribution in [0.3, 0.4) is 0 Å². The van der Waals surface area contributed by atoms with Crippen molar-refractivity contribution in [2.75, 3.05) is 18.0 Å². The zero-order chi connectivity index (χ0) is 15.4. The van der Waals surface area contributed by atoms with Gasteiger partial charge in [0.15, 0.2) is 0 Å². The number of pyridine rings is 1. The lowest BCUT2D eigenvalue weighted by molar-refractivity contribution is -0.121. The zero-order valence-corrected chi connectivity index (χ0v) is 12.8. The van der Waals surface area contributed by atoms with E-state index in [9.17, 15) is 4.79 Å². The van der Waals surface area contributed by atoms with E-state index >= 15 is 0 Å². The number of carbonyl (C=O) groups excluding carboxylic acids is 1. The van der Waals surface area contributed by atoms with E-state index in [0.29, 0.717) is 6.42 Å². The minimum Gasteiger partial charge on any atom is -0.354 e. The summed E-state index contributed by atoms with van der Waals surface area (Å²) in [7, 11) is 0. The molecule has 0 spiro atoms. The second-order valence-electron chi connectivity index (χ2n) is 5.85. The molecule has 0 aliphatic carbocycles. The zero-order valence-electron chi connectivity index (χ0n) is 12.8. The molecule has 1 aliphatic heterocycles. The van der Waals surface area contributed by atoms with Crippen molar-refractivity contribution in [1.82, 2.24) is 10.3 Å². The molecule has 1 aromatic carbocycles. The summed E-state index contributed by atoms with van der Waals surface area (Å²) in [6.07, 6.45) is 3.22. The predicted octanol–water partition coefficient (Wildman–Crippen LogP) is 2.33. The van der Waals surface area contributed by atoms with Crippen molar-refractivity contribution in [2.45, 2.75) is 25.8 Å². The first-order chi connectivity index (χ1) is 10.7. The summed E-state index contributed by atoms with van der Waals surface area (Å²) in [5.74, 6) is 1.08. The lowest BCUT2D eigenvalue weighted by Crippen LogP contribution is -2.38. The number of carbonyl (C=O) groups is 1. The number of hydrogen-bond donors (Lipinski definition) is 1. The highest BCUT2D eigenvalue weighted by molar-refractivity contribution is 5.79. The van der Waals surface area contributed by atoms with Crippen LogP contribution in [0.4, 0.5) is 5.82 Å². The van der Waals surface area contributed by atoms with Gasteiger partial charge in [0.2, 0.25) is 5.91 Å². The molecule has 114 valence electrons. The Bertz CT molecular complexity index is 642. The van der Waals surface area contributed by atoms with Gasteiger partial charge < -0.3 is 10.2 Å². The van der Waals surface area contributed by atoms with E-state index < -0.39 is 0 Å². The Morgan fingerprint density at radius 1 is 1.32 bits per heavy atom. The standard InChI is InChI=1S/C18H21N3O/c1-14-5-4-6-15(11-14)12-18(22)20-16-8-10-21(13-16)17-7-2-3-9-19-17/h2-7,9,11,16H,8,10,12-13H2,1H3,(H,20,22)/t16-/m1/s1. The molecule has 0 unspecified atom stereocenters. The number of aromatic nitrogens is 1. The van der Waals surface area contributed by atoms with Crippen molar-refractivity contribution < 1.29 is 4.79 Å². The van der Waals surface area contributed by atoms with Crippen LogP contribution < -0.4 is 10.2 Å². The summed E-state index contributed by atoms with van der Waals surface area (Å²) in [6, 6.07) is 14.2. The van der Waals surface area contributed by atoms with Gasteiger partial charge in [0.1, 0.15) is 5.82 Å². The Balaban J connectivity index is 1.53. The molecular weight excluding hydrogens is 274 g/mol. The van der Waals surface area contributed by atoms with Crippen LogP contribution >= 0.6 is 0 Å². The molecule has 4 heteroatoms. The fraction of sp³-hybridized carbons (Fsp3) is 0.333.